The van der Waals surface area contributed by atoms with Crippen LogP contribution < -0.4 is 16.0 Å². The molecule has 21 heavy (non-hydrogen) atoms. The van der Waals surface area contributed by atoms with E-state index in [0.29, 0.717) is 0 Å². The molecule has 0 aliphatic carbocycles. The van der Waals surface area contributed by atoms with Crippen LogP contribution in [0, 0.1) is 0 Å². The van der Waals surface area contributed by atoms with Crippen LogP contribution in [0.3, 0.4) is 0 Å². The summed E-state index contributed by atoms with van der Waals surface area (Å²) in [4.78, 5) is 52.5. The van der Waals surface area contributed by atoms with E-state index >= 15 is 0 Å². The molecule has 1 aliphatic heterocycles. The number of Topliss-reactive ketones (excluding diaryl/α,β-unsaturated/α-hetero) is 1. The van der Waals surface area contributed by atoms with Crippen LogP contribution in [0.2, 0.25) is 10.0 Å². The number of benzene rings is 1. The largest absolute Gasteiger partial charge is 0.338 e. The molecule has 1 aromatic rings. The molecule has 0 unspecified atom stereocenters. The zero-order valence-electron chi connectivity index (χ0n) is 10.6. The Bertz CT molecular complexity index is 817. The van der Waals surface area contributed by atoms with Gasteiger partial charge in [-0.05, 0) is 6.07 Å². The van der Waals surface area contributed by atoms with Crippen LogP contribution in [-0.4, -0.2) is 23.5 Å². The van der Waals surface area contributed by atoms with Crippen LogP contribution >= 0.6 is 23.2 Å². The first-order valence-corrected chi connectivity index (χ1v) is 6.48. The van der Waals surface area contributed by atoms with Crippen LogP contribution in [-0.2, 0) is 19.2 Å². The molecule has 9 heteroatoms. The van der Waals surface area contributed by atoms with Gasteiger partial charge < -0.3 is 5.32 Å². The van der Waals surface area contributed by atoms with E-state index < -0.39 is 23.5 Å². The molecule has 1 heterocycles. The molecule has 0 fully saturated rings. The Morgan fingerprint density at radius 1 is 1.19 bits per heavy atom. The predicted octanol–water partition coefficient (Wildman–Crippen LogP) is 0.217. The van der Waals surface area contributed by atoms with Crippen molar-refractivity contribution in [2.75, 3.05) is 5.32 Å². The summed E-state index contributed by atoms with van der Waals surface area (Å²) in [7, 11) is 0. The second kappa shape index (κ2) is 5.71. The summed E-state index contributed by atoms with van der Waals surface area (Å²) in [6.45, 7) is 1.51. The minimum atomic E-state index is -1.10. The number of ketones is 1. The Hall–Kier alpha value is -2.12. The fraction of sp³-hybridized carbons (Fsp3) is 0.167. The van der Waals surface area contributed by atoms with E-state index in [9.17, 15) is 19.2 Å². The molecule has 0 radical (unpaired) electrons. The third kappa shape index (κ3) is 2.84. The number of nitrogens with zero attached hydrogens (tertiary/aromatic N) is 2. The van der Waals surface area contributed by atoms with Gasteiger partial charge in [-0.2, -0.15) is 0 Å². The fourth-order valence-electron chi connectivity index (χ4n) is 1.57. The standard InChI is InChI=1S/C12H7Cl2N3O4/c1-2-6(18)10(19)17-9-7(14)4(13)3-5-8(9)16-12(21)11(20)15-5/h3H,2H2,1H3,(H,17,19). The van der Waals surface area contributed by atoms with E-state index in [1.807, 2.05) is 0 Å². The molecule has 0 bridgehead atoms. The summed E-state index contributed by atoms with van der Waals surface area (Å²) < 4.78 is 0. The summed E-state index contributed by atoms with van der Waals surface area (Å²) in [5.41, 5.74) is -0.129. The SMILES string of the molecule is CCC(=O)C(=O)Nc1c(Cl)c(Cl)cc2c1=NC(=O)C(=O)N=2. The predicted molar refractivity (Wildman–Crippen MR) is 72.7 cm³/mol. The van der Waals surface area contributed by atoms with Gasteiger partial charge in [-0.1, -0.05) is 30.1 Å². The lowest BCUT2D eigenvalue weighted by Crippen LogP contribution is -2.38. The molecule has 3 amide bonds. The highest BCUT2D eigenvalue weighted by molar-refractivity contribution is 6.46. The molecule has 2 rings (SSSR count). The number of amides is 3. The van der Waals surface area contributed by atoms with Gasteiger partial charge in [0.2, 0.25) is 5.78 Å². The smallest absolute Gasteiger partial charge is 0.316 e. The number of nitrogens with one attached hydrogen (secondary N) is 1. The monoisotopic (exact) mass is 327 g/mol. The maximum Gasteiger partial charge on any atom is 0.338 e. The maximum absolute atomic E-state index is 11.7. The highest BCUT2D eigenvalue weighted by Gasteiger charge is 2.22. The van der Waals surface area contributed by atoms with Crippen LogP contribution in [0.4, 0.5) is 5.69 Å². The lowest BCUT2D eigenvalue weighted by molar-refractivity contribution is -0.135. The summed E-state index contributed by atoms with van der Waals surface area (Å²) in [6.07, 6.45) is -0.00879. The maximum atomic E-state index is 11.7. The second-order valence-electron chi connectivity index (χ2n) is 3.98. The number of carbonyl (C=O) groups is 4. The Morgan fingerprint density at radius 2 is 1.81 bits per heavy atom. The quantitative estimate of drug-likeness (QED) is 0.801. The Kier molecular flexibility index (Phi) is 4.15. The number of rotatable bonds is 3. The number of fused-ring (bicyclic) bond motifs is 1. The third-order valence-corrected chi connectivity index (χ3v) is 3.39. The fourth-order valence-corrected chi connectivity index (χ4v) is 1.96. The van der Waals surface area contributed by atoms with Crippen molar-refractivity contribution in [3.05, 3.63) is 26.8 Å². The van der Waals surface area contributed by atoms with Gasteiger partial charge in [-0.25, -0.2) is 9.98 Å². The number of hydrogen-bond acceptors (Lipinski definition) is 4. The molecule has 108 valence electrons. The summed E-state index contributed by atoms with van der Waals surface area (Å²) >= 11 is 11.8. The zero-order valence-corrected chi connectivity index (χ0v) is 12.1. The van der Waals surface area contributed by atoms with Crippen molar-refractivity contribution in [2.24, 2.45) is 9.98 Å². The first kappa shape index (κ1) is 15.3. The molecular weight excluding hydrogens is 321 g/mol. The number of hydrogen-bond donors (Lipinski definition) is 1. The van der Waals surface area contributed by atoms with Crippen molar-refractivity contribution in [2.45, 2.75) is 13.3 Å². The van der Waals surface area contributed by atoms with E-state index in [2.05, 4.69) is 15.3 Å². The average Bonchev–Trinajstić information content (AvgIpc) is 2.45. The molecule has 0 saturated heterocycles. The van der Waals surface area contributed by atoms with E-state index in [1.165, 1.54) is 13.0 Å². The lowest BCUT2D eigenvalue weighted by Gasteiger charge is -2.09. The van der Waals surface area contributed by atoms with Gasteiger partial charge in [0.05, 0.1) is 21.1 Å². The molecule has 0 saturated carbocycles. The van der Waals surface area contributed by atoms with Crippen molar-refractivity contribution >= 4 is 52.4 Å². The van der Waals surface area contributed by atoms with Gasteiger partial charge in [0, 0.05) is 6.42 Å². The van der Waals surface area contributed by atoms with Crippen LogP contribution in [0.5, 0.6) is 0 Å². The first-order chi connectivity index (χ1) is 9.85. The second-order valence-corrected chi connectivity index (χ2v) is 4.77. The summed E-state index contributed by atoms with van der Waals surface area (Å²) in [5, 5.41) is 2.02. The zero-order chi connectivity index (χ0) is 15.7. The minimum Gasteiger partial charge on any atom is -0.316 e. The lowest BCUT2D eigenvalue weighted by atomic mass is 10.2. The Labute approximate surface area is 127 Å². The molecule has 1 aromatic carbocycles. The molecule has 0 atom stereocenters. The van der Waals surface area contributed by atoms with Gasteiger partial charge in [0.25, 0.3) is 5.91 Å². The molecule has 7 nitrogen and oxygen atoms in total. The third-order valence-electron chi connectivity index (χ3n) is 2.60. The van der Waals surface area contributed by atoms with Crippen molar-refractivity contribution in [1.82, 2.24) is 0 Å². The van der Waals surface area contributed by atoms with Crippen LogP contribution in [0.1, 0.15) is 13.3 Å². The normalized spacial score (nSPS) is 13.1. The minimum absolute atomic E-state index is 0.00392. The topological polar surface area (TPSA) is 105 Å². The molecular formula is C12H7Cl2N3O4. The van der Waals surface area contributed by atoms with Crippen molar-refractivity contribution in [1.29, 1.82) is 0 Å². The highest BCUT2D eigenvalue weighted by Crippen LogP contribution is 2.25. The van der Waals surface area contributed by atoms with Crippen molar-refractivity contribution in [3.8, 4) is 0 Å². The molecule has 0 spiro atoms. The summed E-state index contributed by atoms with van der Waals surface area (Å²) in [6, 6.07) is 1.24. The van der Waals surface area contributed by atoms with E-state index in [1.54, 1.807) is 0 Å². The van der Waals surface area contributed by atoms with Gasteiger partial charge in [-0.15, -0.1) is 0 Å². The van der Waals surface area contributed by atoms with E-state index in [-0.39, 0.29) is 32.9 Å². The first-order valence-electron chi connectivity index (χ1n) is 5.73. The molecule has 1 aliphatic rings. The number of carbonyl (C=O) groups excluding carboxylic acids is 4. The molecule has 0 aromatic heterocycles. The Morgan fingerprint density at radius 3 is 2.43 bits per heavy atom. The molecule has 1 N–H and O–H groups in total. The highest BCUT2D eigenvalue weighted by atomic mass is 35.5. The van der Waals surface area contributed by atoms with Crippen LogP contribution in [0.15, 0.2) is 16.1 Å². The Balaban J connectivity index is 2.67. The van der Waals surface area contributed by atoms with Gasteiger partial charge in [0.15, 0.2) is 0 Å². The van der Waals surface area contributed by atoms with Gasteiger partial charge >= 0.3 is 11.8 Å². The van der Waals surface area contributed by atoms with Crippen molar-refractivity contribution in [3.63, 3.8) is 0 Å². The number of anilines is 1. The van der Waals surface area contributed by atoms with Gasteiger partial charge in [0.1, 0.15) is 5.36 Å². The van der Waals surface area contributed by atoms with E-state index in [0.717, 1.165) is 0 Å². The summed E-state index contributed by atoms with van der Waals surface area (Å²) in [5.74, 6) is -3.76. The van der Waals surface area contributed by atoms with Crippen molar-refractivity contribution < 1.29 is 19.2 Å². The average molecular weight is 328 g/mol. The van der Waals surface area contributed by atoms with Crippen LogP contribution in [0.25, 0.3) is 0 Å². The van der Waals surface area contributed by atoms with Gasteiger partial charge in [-0.3, -0.25) is 19.2 Å². The number of halogens is 2. The van der Waals surface area contributed by atoms with E-state index in [4.69, 9.17) is 23.2 Å².